The van der Waals surface area contributed by atoms with E-state index in [9.17, 15) is 9.59 Å². The number of nitrogens with zero attached hydrogens (tertiary/aromatic N) is 1. The number of hydrogen-bond acceptors (Lipinski definition) is 4. The van der Waals surface area contributed by atoms with E-state index in [0.717, 1.165) is 17.0 Å². The highest BCUT2D eigenvalue weighted by atomic mass is 16.6. The average molecular weight is 357 g/mol. The van der Waals surface area contributed by atoms with E-state index in [2.05, 4.69) is 20.8 Å². The van der Waals surface area contributed by atoms with Gasteiger partial charge in [-0.15, -0.1) is 0 Å². The summed E-state index contributed by atoms with van der Waals surface area (Å²) >= 11 is 0. The summed E-state index contributed by atoms with van der Waals surface area (Å²) in [7, 11) is 1.90. The second-order valence-corrected chi connectivity index (χ2v) is 7.46. The molecule has 0 aliphatic carbocycles. The van der Waals surface area contributed by atoms with Crippen LogP contribution in [0.5, 0.6) is 5.75 Å². The Morgan fingerprint density at radius 1 is 1.08 bits per heavy atom. The van der Waals surface area contributed by atoms with Gasteiger partial charge < -0.3 is 14.0 Å². The minimum Gasteiger partial charge on any atom is -0.482 e. The summed E-state index contributed by atoms with van der Waals surface area (Å²) < 4.78 is 12.6. The zero-order valence-corrected chi connectivity index (χ0v) is 16.4. The summed E-state index contributed by atoms with van der Waals surface area (Å²) in [6.45, 7) is 9.52. The van der Waals surface area contributed by atoms with Crippen molar-refractivity contribution in [3.05, 3.63) is 52.8 Å². The summed E-state index contributed by atoms with van der Waals surface area (Å²) in [5, 5.41) is 0. The Morgan fingerprint density at radius 3 is 2.31 bits per heavy atom. The molecule has 0 amide bonds. The molecular formula is C21H27NO4. The molecule has 1 aromatic heterocycles. The molecule has 5 heteroatoms. The molecule has 5 nitrogen and oxygen atoms in total. The number of esters is 1. The van der Waals surface area contributed by atoms with Gasteiger partial charge in [0, 0.05) is 24.0 Å². The van der Waals surface area contributed by atoms with Crippen LogP contribution in [0.4, 0.5) is 0 Å². The van der Waals surface area contributed by atoms with Crippen LogP contribution in [0.3, 0.4) is 0 Å². The van der Waals surface area contributed by atoms with Gasteiger partial charge in [-0.1, -0.05) is 39.0 Å². The molecule has 0 saturated heterocycles. The van der Waals surface area contributed by atoms with Gasteiger partial charge in [0.2, 0.25) is 5.78 Å². The van der Waals surface area contributed by atoms with Crippen LogP contribution in [-0.2, 0) is 22.0 Å². The summed E-state index contributed by atoms with van der Waals surface area (Å²) in [6, 6.07) is 9.41. The Morgan fingerprint density at radius 2 is 1.73 bits per heavy atom. The van der Waals surface area contributed by atoms with Crippen molar-refractivity contribution in [1.82, 2.24) is 4.57 Å². The highest BCUT2D eigenvalue weighted by Crippen LogP contribution is 2.30. The Kier molecular flexibility index (Phi) is 5.90. The van der Waals surface area contributed by atoms with Crippen molar-refractivity contribution in [2.75, 3.05) is 13.2 Å². The largest absolute Gasteiger partial charge is 0.482 e. The first-order valence-corrected chi connectivity index (χ1v) is 8.65. The molecule has 26 heavy (non-hydrogen) atoms. The third kappa shape index (κ3) is 4.54. The number of hydrogen-bond donors (Lipinski definition) is 0. The molecule has 0 unspecified atom stereocenters. The maximum absolute atomic E-state index is 12.3. The van der Waals surface area contributed by atoms with Crippen molar-refractivity contribution in [2.45, 2.75) is 40.0 Å². The van der Waals surface area contributed by atoms with Gasteiger partial charge in [0.05, 0.1) is 0 Å². The number of aromatic nitrogens is 1. The van der Waals surface area contributed by atoms with Crippen LogP contribution >= 0.6 is 0 Å². The van der Waals surface area contributed by atoms with Gasteiger partial charge in [0.25, 0.3) is 0 Å². The molecule has 0 atom stereocenters. The summed E-state index contributed by atoms with van der Waals surface area (Å²) in [5.41, 5.74) is 3.34. The molecule has 0 spiro atoms. The SMILES string of the molecule is Cc1cc(C(=O)COC(=O)COc2ccccc2C(C)(C)C)c(C)n1C. The van der Waals surface area contributed by atoms with Crippen molar-refractivity contribution in [3.8, 4) is 5.75 Å². The Labute approximate surface area is 154 Å². The van der Waals surface area contributed by atoms with E-state index in [-0.39, 0.29) is 24.4 Å². The summed E-state index contributed by atoms with van der Waals surface area (Å²) in [4.78, 5) is 24.2. The molecule has 0 bridgehead atoms. The molecule has 0 saturated carbocycles. The van der Waals surface area contributed by atoms with Crippen LogP contribution in [-0.4, -0.2) is 29.5 Å². The van der Waals surface area contributed by atoms with Crippen LogP contribution in [0.25, 0.3) is 0 Å². The Balaban J connectivity index is 1.92. The monoisotopic (exact) mass is 357 g/mol. The maximum atomic E-state index is 12.3. The highest BCUT2D eigenvalue weighted by molar-refractivity contribution is 5.99. The van der Waals surface area contributed by atoms with Crippen molar-refractivity contribution in [1.29, 1.82) is 0 Å². The van der Waals surface area contributed by atoms with Crippen LogP contribution in [0.1, 0.15) is 48.1 Å². The lowest BCUT2D eigenvalue weighted by Crippen LogP contribution is -2.21. The van der Waals surface area contributed by atoms with Crippen LogP contribution in [0.15, 0.2) is 30.3 Å². The predicted molar refractivity (Wildman–Crippen MR) is 101 cm³/mol. The first kappa shape index (κ1) is 19.8. The van der Waals surface area contributed by atoms with Crippen LogP contribution < -0.4 is 4.74 Å². The molecule has 0 radical (unpaired) electrons. The lowest BCUT2D eigenvalue weighted by Gasteiger charge is -2.22. The van der Waals surface area contributed by atoms with E-state index in [0.29, 0.717) is 11.3 Å². The molecule has 0 aliphatic rings. The van der Waals surface area contributed by atoms with E-state index < -0.39 is 5.97 Å². The first-order valence-electron chi connectivity index (χ1n) is 8.65. The molecule has 0 fully saturated rings. The molecule has 2 aromatic rings. The van der Waals surface area contributed by atoms with E-state index in [1.54, 1.807) is 0 Å². The van der Waals surface area contributed by atoms with Gasteiger partial charge in [-0.05, 0) is 37.0 Å². The van der Waals surface area contributed by atoms with E-state index in [4.69, 9.17) is 9.47 Å². The third-order valence-electron chi connectivity index (χ3n) is 4.48. The predicted octanol–water partition coefficient (Wildman–Crippen LogP) is 3.74. The second-order valence-electron chi connectivity index (χ2n) is 7.46. The number of carbonyl (C=O) groups is 2. The summed E-state index contributed by atoms with van der Waals surface area (Å²) in [5.74, 6) is -0.125. The number of aryl methyl sites for hydroxylation is 1. The number of benzene rings is 1. The smallest absolute Gasteiger partial charge is 0.344 e. The minimum absolute atomic E-state index is 0.0981. The third-order valence-corrected chi connectivity index (χ3v) is 4.48. The summed E-state index contributed by atoms with van der Waals surface area (Å²) in [6.07, 6.45) is 0. The normalized spacial score (nSPS) is 11.3. The van der Waals surface area contributed by atoms with Gasteiger partial charge in [-0.2, -0.15) is 0 Å². The van der Waals surface area contributed by atoms with Crippen molar-refractivity contribution in [2.24, 2.45) is 7.05 Å². The van der Waals surface area contributed by atoms with E-state index in [1.165, 1.54) is 0 Å². The lowest BCUT2D eigenvalue weighted by molar-refractivity contribution is -0.144. The molecule has 1 aromatic carbocycles. The lowest BCUT2D eigenvalue weighted by atomic mass is 9.86. The average Bonchev–Trinajstić information content (AvgIpc) is 2.84. The fourth-order valence-electron chi connectivity index (χ4n) is 2.75. The molecule has 140 valence electrons. The molecule has 0 N–H and O–H groups in total. The molecule has 1 heterocycles. The molecule has 2 rings (SSSR count). The fourth-order valence-corrected chi connectivity index (χ4v) is 2.75. The van der Waals surface area contributed by atoms with Crippen molar-refractivity contribution in [3.63, 3.8) is 0 Å². The number of ether oxygens (including phenoxy) is 2. The zero-order valence-electron chi connectivity index (χ0n) is 16.4. The fraction of sp³-hybridized carbons (Fsp3) is 0.429. The standard InChI is InChI=1S/C21H27NO4/c1-14-11-16(15(2)22(14)6)18(23)12-26-20(24)13-25-19-10-8-7-9-17(19)21(3,4)5/h7-11H,12-13H2,1-6H3. The topological polar surface area (TPSA) is 57.5 Å². The quantitative estimate of drug-likeness (QED) is 0.584. The maximum Gasteiger partial charge on any atom is 0.344 e. The van der Waals surface area contributed by atoms with Crippen LogP contribution in [0, 0.1) is 13.8 Å². The van der Waals surface area contributed by atoms with E-state index in [1.807, 2.05) is 55.8 Å². The number of para-hydroxylation sites is 1. The van der Waals surface area contributed by atoms with Gasteiger partial charge in [-0.25, -0.2) is 4.79 Å². The van der Waals surface area contributed by atoms with E-state index >= 15 is 0 Å². The number of Topliss-reactive ketones (excluding diaryl/α,β-unsaturated/α-hetero) is 1. The first-order chi connectivity index (χ1) is 12.1. The highest BCUT2D eigenvalue weighted by Gasteiger charge is 2.20. The van der Waals surface area contributed by atoms with Gasteiger partial charge in [-0.3, -0.25) is 4.79 Å². The van der Waals surface area contributed by atoms with Gasteiger partial charge in [0.1, 0.15) is 5.75 Å². The minimum atomic E-state index is -0.563. The van der Waals surface area contributed by atoms with Gasteiger partial charge in [0.15, 0.2) is 13.2 Å². The van der Waals surface area contributed by atoms with Crippen LogP contribution in [0.2, 0.25) is 0 Å². The number of rotatable bonds is 6. The molecular weight excluding hydrogens is 330 g/mol. The zero-order chi connectivity index (χ0) is 19.5. The van der Waals surface area contributed by atoms with Crippen molar-refractivity contribution >= 4 is 11.8 Å². The molecule has 0 aliphatic heterocycles. The Bertz CT molecular complexity index is 812. The Hall–Kier alpha value is -2.56. The second kappa shape index (κ2) is 7.77. The number of carbonyl (C=O) groups excluding carboxylic acids is 2. The van der Waals surface area contributed by atoms with Gasteiger partial charge >= 0.3 is 5.97 Å². The van der Waals surface area contributed by atoms with Crippen molar-refractivity contribution < 1.29 is 19.1 Å². The number of ketones is 1.